The summed E-state index contributed by atoms with van der Waals surface area (Å²) in [4.78, 5) is 40.9. The van der Waals surface area contributed by atoms with Gasteiger partial charge in [0.2, 0.25) is 0 Å². The molecule has 0 aromatic heterocycles. The smallest absolute Gasteiger partial charge is 0.269 e. The molecule has 0 bridgehead atoms. The van der Waals surface area contributed by atoms with Crippen molar-refractivity contribution < 1.29 is 39.2 Å². The zero-order chi connectivity index (χ0) is 17.2. The van der Waals surface area contributed by atoms with Crippen LogP contribution in [0.1, 0.15) is 67.2 Å². The molecule has 0 spiro atoms. The van der Waals surface area contributed by atoms with E-state index in [-0.39, 0.29) is 12.8 Å². The molecule has 0 amide bonds. The highest BCUT2D eigenvalue weighted by Gasteiger charge is 2.15. The van der Waals surface area contributed by atoms with Crippen LogP contribution in [0.2, 0.25) is 0 Å². The van der Waals surface area contributed by atoms with E-state index in [0.29, 0.717) is 12.8 Å². The quantitative estimate of drug-likeness (QED) is 0.363. The standard InChI is InChI=1S/C14H26O8/c1-13(2,3)19-21-17-11(15)9-7-8-10-12(16)18-22-20-14(4,5)6/h7-10H2,1-6H3. The molecular weight excluding hydrogens is 296 g/mol. The van der Waals surface area contributed by atoms with Crippen molar-refractivity contribution in [3.63, 3.8) is 0 Å². The summed E-state index contributed by atoms with van der Waals surface area (Å²) >= 11 is 0. The first-order valence-corrected chi connectivity index (χ1v) is 7.10. The second kappa shape index (κ2) is 9.73. The largest absolute Gasteiger partial charge is 0.345 e. The molecule has 0 saturated carbocycles. The Morgan fingerprint density at radius 3 is 1.27 bits per heavy atom. The molecule has 0 aliphatic rings. The van der Waals surface area contributed by atoms with E-state index in [1.54, 1.807) is 41.5 Å². The van der Waals surface area contributed by atoms with Gasteiger partial charge in [0.15, 0.2) is 0 Å². The van der Waals surface area contributed by atoms with Gasteiger partial charge in [0, 0.05) is 12.8 Å². The van der Waals surface area contributed by atoms with Crippen LogP contribution in [0.25, 0.3) is 0 Å². The summed E-state index contributed by atoms with van der Waals surface area (Å²) < 4.78 is 0. The molecule has 130 valence electrons. The van der Waals surface area contributed by atoms with Gasteiger partial charge in [0.05, 0.1) is 11.2 Å². The number of hydrogen-bond donors (Lipinski definition) is 0. The van der Waals surface area contributed by atoms with Crippen molar-refractivity contribution in [1.82, 2.24) is 0 Å². The van der Waals surface area contributed by atoms with Crippen LogP contribution in [-0.4, -0.2) is 23.1 Å². The van der Waals surface area contributed by atoms with Crippen molar-refractivity contribution in [3.05, 3.63) is 0 Å². The fourth-order valence-electron chi connectivity index (χ4n) is 0.936. The highest BCUT2D eigenvalue weighted by molar-refractivity contribution is 5.69. The average Bonchev–Trinajstić information content (AvgIpc) is 2.31. The maximum Gasteiger partial charge on any atom is 0.345 e. The van der Waals surface area contributed by atoms with Crippen LogP contribution < -0.4 is 0 Å². The molecule has 0 fully saturated rings. The van der Waals surface area contributed by atoms with Gasteiger partial charge in [-0.05, 0) is 64.5 Å². The third-order valence-corrected chi connectivity index (χ3v) is 1.83. The minimum Gasteiger partial charge on any atom is -0.269 e. The van der Waals surface area contributed by atoms with E-state index in [4.69, 9.17) is 9.78 Å². The number of carbonyl (C=O) groups is 2. The van der Waals surface area contributed by atoms with Crippen LogP contribution in [0.3, 0.4) is 0 Å². The zero-order valence-electron chi connectivity index (χ0n) is 14.1. The molecule has 8 nitrogen and oxygen atoms in total. The van der Waals surface area contributed by atoms with E-state index in [9.17, 15) is 9.59 Å². The first-order valence-electron chi connectivity index (χ1n) is 7.10. The third kappa shape index (κ3) is 15.2. The summed E-state index contributed by atoms with van der Waals surface area (Å²) in [7, 11) is 0. The molecule has 0 aromatic rings. The topological polar surface area (TPSA) is 89.5 Å². The Kier molecular flexibility index (Phi) is 9.19. The highest BCUT2D eigenvalue weighted by Crippen LogP contribution is 2.10. The van der Waals surface area contributed by atoms with Crippen molar-refractivity contribution in [2.24, 2.45) is 0 Å². The molecule has 0 atom stereocenters. The Labute approximate surface area is 130 Å². The maximum absolute atomic E-state index is 11.3. The second-order valence-corrected chi connectivity index (χ2v) is 6.65. The molecule has 0 unspecified atom stereocenters. The molecule has 0 radical (unpaired) electrons. The fourth-order valence-corrected chi connectivity index (χ4v) is 0.936. The van der Waals surface area contributed by atoms with E-state index in [2.05, 4.69) is 19.9 Å². The van der Waals surface area contributed by atoms with Gasteiger partial charge in [0.25, 0.3) is 0 Å². The minimum atomic E-state index is -0.579. The second-order valence-electron chi connectivity index (χ2n) is 6.65. The molecule has 22 heavy (non-hydrogen) atoms. The third-order valence-electron chi connectivity index (χ3n) is 1.83. The predicted molar refractivity (Wildman–Crippen MR) is 74.5 cm³/mol. The molecular formula is C14H26O8. The van der Waals surface area contributed by atoms with Crippen LogP contribution in [0.5, 0.6) is 0 Å². The van der Waals surface area contributed by atoms with Crippen LogP contribution in [0.15, 0.2) is 0 Å². The van der Waals surface area contributed by atoms with Gasteiger partial charge in [0.1, 0.15) is 0 Å². The van der Waals surface area contributed by atoms with Crippen molar-refractivity contribution in [2.75, 3.05) is 0 Å². The van der Waals surface area contributed by atoms with Crippen LogP contribution in [0.4, 0.5) is 0 Å². The Hall–Kier alpha value is -1.22. The van der Waals surface area contributed by atoms with Crippen LogP contribution in [0, 0.1) is 0 Å². The molecule has 0 aliphatic heterocycles. The van der Waals surface area contributed by atoms with Gasteiger partial charge in [-0.15, -0.1) is 0 Å². The predicted octanol–water partition coefficient (Wildman–Crippen LogP) is 2.96. The molecule has 0 rings (SSSR count). The first kappa shape index (κ1) is 20.8. The molecule has 0 aromatic carbocycles. The lowest BCUT2D eigenvalue weighted by Crippen LogP contribution is -2.21. The number of carbonyl (C=O) groups excluding carboxylic acids is 2. The minimum absolute atomic E-state index is 0.0974. The van der Waals surface area contributed by atoms with Gasteiger partial charge < -0.3 is 0 Å². The Bertz CT molecular complexity index is 306. The van der Waals surface area contributed by atoms with E-state index in [1.165, 1.54) is 0 Å². The van der Waals surface area contributed by atoms with Gasteiger partial charge in [-0.25, -0.2) is 9.59 Å². The normalized spacial score (nSPS) is 12.1. The van der Waals surface area contributed by atoms with Gasteiger partial charge in [-0.3, -0.25) is 9.78 Å². The lowest BCUT2D eigenvalue weighted by molar-refractivity contribution is -0.515. The molecule has 0 saturated heterocycles. The monoisotopic (exact) mass is 322 g/mol. The van der Waals surface area contributed by atoms with Crippen molar-refractivity contribution >= 4 is 11.9 Å². The fraction of sp³-hybridized carbons (Fsp3) is 0.857. The first-order chi connectivity index (χ1) is 9.99. The molecule has 0 heterocycles. The lowest BCUT2D eigenvalue weighted by atomic mass is 10.2. The van der Waals surface area contributed by atoms with E-state index >= 15 is 0 Å². The maximum atomic E-state index is 11.3. The van der Waals surface area contributed by atoms with Gasteiger partial charge in [-0.1, -0.05) is 0 Å². The molecule has 0 N–H and O–H groups in total. The summed E-state index contributed by atoms with van der Waals surface area (Å²) in [5, 5.41) is 8.69. The van der Waals surface area contributed by atoms with Gasteiger partial charge in [-0.2, -0.15) is 9.78 Å². The summed E-state index contributed by atoms with van der Waals surface area (Å²) in [6, 6.07) is 0. The van der Waals surface area contributed by atoms with Crippen LogP contribution in [-0.2, 0) is 39.2 Å². The summed E-state index contributed by atoms with van der Waals surface area (Å²) in [5.41, 5.74) is -1.14. The van der Waals surface area contributed by atoms with Crippen molar-refractivity contribution in [1.29, 1.82) is 0 Å². The Morgan fingerprint density at radius 2 is 1.00 bits per heavy atom. The van der Waals surface area contributed by atoms with E-state index in [1.807, 2.05) is 0 Å². The van der Waals surface area contributed by atoms with Gasteiger partial charge >= 0.3 is 11.9 Å². The number of rotatable bonds is 9. The highest BCUT2D eigenvalue weighted by atomic mass is 17.5. The lowest BCUT2D eigenvalue weighted by Gasteiger charge is -2.15. The molecule has 8 heteroatoms. The summed E-state index contributed by atoms with van der Waals surface area (Å²) in [6.07, 6.45) is 1.07. The van der Waals surface area contributed by atoms with E-state index in [0.717, 1.165) is 0 Å². The Morgan fingerprint density at radius 1 is 0.682 bits per heavy atom. The Balaban J connectivity index is 3.55. The van der Waals surface area contributed by atoms with Crippen LogP contribution >= 0.6 is 0 Å². The van der Waals surface area contributed by atoms with Crippen molar-refractivity contribution in [3.8, 4) is 0 Å². The van der Waals surface area contributed by atoms with Crippen molar-refractivity contribution in [2.45, 2.75) is 78.4 Å². The average molecular weight is 322 g/mol. The molecule has 0 aliphatic carbocycles. The number of unbranched alkanes of at least 4 members (excludes halogenated alkanes) is 1. The SMILES string of the molecule is CC(C)(C)OOOC(=O)CCCCC(=O)OOOC(C)(C)C. The van der Waals surface area contributed by atoms with E-state index < -0.39 is 23.1 Å². The summed E-state index contributed by atoms with van der Waals surface area (Å²) in [5.74, 6) is -1.16. The zero-order valence-corrected chi connectivity index (χ0v) is 14.1. The number of hydrogen-bond acceptors (Lipinski definition) is 8. The summed E-state index contributed by atoms with van der Waals surface area (Å²) in [6.45, 7) is 10.5.